The van der Waals surface area contributed by atoms with Crippen molar-refractivity contribution in [3.63, 3.8) is 0 Å². The number of aliphatic hydroxyl groups excluding tert-OH is 2. The highest BCUT2D eigenvalue weighted by Crippen LogP contribution is 2.23. The van der Waals surface area contributed by atoms with Crippen LogP contribution in [0.3, 0.4) is 0 Å². The predicted octanol–water partition coefficient (Wildman–Crippen LogP) is 5.13. The summed E-state index contributed by atoms with van der Waals surface area (Å²) in [7, 11) is 0. The highest BCUT2D eigenvalue weighted by Gasteiger charge is 2.26. The van der Waals surface area contributed by atoms with Crippen LogP contribution in [0.2, 0.25) is 0 Å². The molecule has 1 heterocycles. The van der Waals surface area contributed by atoms with Crippen molar-refractivity contribution in [2.75, 3.05) is 6.54 Å². The SMILES string of the molecule is C=C/C=C\C=C\C(C)/C=C\N=C(C)N1CCC(O)C(O)=C1CC.CC. The summed E-state index contributed by atoms with van der Waals surface area (Å²) in [6.45, 7) is 14.2. The first-order valence-corrected chi connectivity index (χ1v) is 9.05. The highest BCUT2D eigenvalue weighted by atomic mass is 16.3. The Labute approximate surface area is 153 Å². The van der Waals surface area contributed by atoms with Gasteiger partial charge < -0.3 is 15.1 Å². The molecule has 0 spiro atoms. The lowest BCUT2D eigenvalue weighted by atomic mass is 10.1. The van der Waals surface area contributed by atoms with Crippen molar-refractivity contribution in [2.24, 2.45) is 10.9 Å². The van der Waals surface area contributed by atoms with Gasteiger partial charge in [0.2, 0.25) is 0 Å². The Kier molecular flexibility index (Phi) is 12.1. The molecule has 1 aliphatic rings. The molecule has 0 saturated carbocycles. The van der Waals surface area contributed by atoms with Crippen molar-refractivity contribution < 1.29 is 10.2 Å². The normalized spacial score (nSPS) is 20.3. The van der Waals surface area contributed by atoms with E-state index < -0.39 is 6.10 Å². The predicted molar refractivity (Wildman–Crippen MR) is 109 cm³/mol. The van der Waals surface area contributed by atoms with Crippen molar-refractivity contribution in [1.29, 1.82) is 0 Å². The Bertz CT molecular complexity index is 542. The van der Waals surface area contributed by atoms with E-state index in [0.29, 0.717) is 19.4 Å². The van der Waals surface area contributed by atoms with Gasteiger partial charge in [0.1, 0.15) is 17.7 Å². The van der Waals surface area contributed by atoms with Crippen LogP contribution in [0.5, 0.6) is 0 Å². The smallest absolute Gasteiger partial charge is 0.140 e. The molecule has 0 aromatic carbocycles. The molecule has 4 nitrogen and oxygen atoms in total. The molecule has 2 unspecified atom stereocenters. The minimum absolute atomic E-state index is 0.0718. The van der Waals surface area contributed by atoms with E-state index in [1.807, 2.05) is 56.9 Å². The molecule has 0 aromatic rings. The van der Waals surface area contributed by atoms with E-state index in [1.54, 1.807) is 12.3 Å². The number of amidine groups is 1. The maximum absolute atomic E-state index is 10.0. The molecule has 0 amide bonds. The van der Waals surface area contributed by atoms with E-state index in [2.05, 4.69) is 24.6 Å². The number of hydrogen-bond donors (Lipinski definition) is 2. The first kappa shape index (κ1) is 22.9. The fourth-order valence-electron chi connectivity index (χ4n) is 2.39. The molecular formula is C21H34N2O2. The molecule has 1 aliphatic heterocycles. The monoisotopic (exact) mass is 346 g/mol. The van der Waals surface area contributed by atoms with Crippen LogP contribution in [-0.2, 0) is 0 Å². The lowest BCUT2D eigenvalue weighted by molar-refractivity contribution is 0.115. The third kappa shape index (κ3) is 8.03. The van der Waals surface area contributed by atoms with E-state index >= 15 is 0 Å². The molecule has 0 bridgehead atoms. The fraction of sp³-hybridized carbons (Fsp3) is 0.476. The fourth-order valence-corrected chi connectivity index (χ4v) is 2.39. The van der Waals surface area contributed by atoms with E-state index in [-0.39, 0.29) is 11.7 Å². The van der Waals surface area contributed by atoms with Crippen LogP contribution in [0.25, 0.3) is 0 Å². The number of hydrogen-bond acceptors (Lipinski definition) is 3. The topological polar surface area (TPSA) is 56.1 Å². The van der Waals surface area contributed by atoms with Gasteiger partial charge in [-0.1, -0.05) is 70.7 Å². The standard InChI is InChI=1S/C19H28N2O2.C2H6/c1-5-7-8-9-10-15(3)11-13-20-16(4)21-14-12-18(22)19(23)17(21)6-2;1-2/h5,7-11,13,15,18,22-23H,1,6,12,14H2,2-4H3;1-2H3/b8-7-,10-9+,13-11-,20-16?;. The van der Waals surface area contributed by atoms with E-state index in [0.717, 1.165) is 11.5 Å². The van der Waals surface area contributed by atoms with Gasteiger partial charge in [0.25, 0.3) is 0 Å². The number of nitrogens with zero attached hydrogens (tertiary/aromatic N) is 2. The van der Waals surface area contributed by atoms with Gasteiger partial charge >= 0.3 is 0 Å². The summed E-state index contributed by atoms with van der Waals surface area (Å²) in [4.78, 5) is 6.43. The van der Waals surface area contributed by atoms with Gasteiger partial charge in [-0.25, -0.2) is 4.99 Å². The summed E-state index contributed by atoms with van der Waals surface area (Å²) in [6, 6.07) is 0. The Morgan fingerprint density at radius 2 is 2.00 bits per heavy atom. The number of aliphatic imine (C=N–C) groups is 1. The molecule has 1 rings (SSSR count). The zero-order chi connectivity index (χ0) is 19.2. The first-order chi connectivity index (χ1) is 12.0. The van der Waals surface area contributed by atoms with Gasteiger partial charge in [-0.05, 0) is 25.7 Å². The van der Waals surface area contributed by atoms with Crippen molar-refractivity contribution in [2.45, 2.75) is 53.6 Å². The second kappa shape index (κ2) is 13.2. The van der Waals surface area contributed by atoms with Crippen molar-refractivity contribution in [3.8, 4) is 0 Å². The first-order valence-electron chi connectivity index (χ1n) is 9.05. The van der Waals surface area contributed by atoms with Crippen LogP contribution in [-0.4, -0.2) is 33.6 Å². The molecule has 25 heavy (non-hydrogen) atoms. The second-order valence-electron chi connectivity index (χ2n) is 5.52. The number of allylic oxidation sites excluding steroid dienone is 7. The molecule has 140 valence electrons. The minimum atomic E-state index is -0.752. The van der Waals surface area contributed by atoms with Crippen molar-refractivity contribution >= 4 is 5.84 Å². The Morgan fingerprint density at radius 1 is 1.32 bits per heavy atom. The zero-order valence-electron chi connectivity index (χ0n) is 16.3. The molecule has 0 saturated heterocycles. The molecule has 0 radical (unpaired) electrons. The highest BCUT2D eigenvalue weighted by molar-refractivity contribution is 5.82. The summed E-state index contributed by atoms with van der Waals surface area (Å²) in [5, 5.41) is 19.7. The van der Waals surface area contributed by atoms with Crippen molar-refractivity contribution in [1.82, 2.24) is 4.90 Å². The minimum Gasteiger partial charge on any atom is -0.508 e. The average Bonchev–Trinajstić information content (AvgIpc) is 2.62. The van der Waals surface area contributed by atoms with Crippen LogP contribution < -0.4 is 0 Å². The Hall–Kier alpha value is -2.07. The second-order valence-corrected chi connectivity index (χ2v) is 5.52. The summed E-state index contributed by atoms with van der Waals surface area (Å²) in [5.41, 5.74) is 0.751. The van der Waals surface area contributed by atoms with E-state index in [9.17, 15) is 10.2 Å². The van der Waals surface area contributed by atoms with Crippen LogP contribution in [0.1, 0.15) is 47.5 Å². The summed E-state index contributed by atoms with van der Waals surface area (Å²) in [6.07, 6.45) is 13.8. The van der Waals surface area contributed by atoms with Gasteiger partial charge in [-0.15, -0.1) is 0 Å². The van der Waals surface area contributed by atoms with E-state index in [4.69, 9.17) is 0 Å². The number of rotatable bonds is 6. The molecular weight excluding hydrogens is 312 g/mol. The van der Waals surface area contributed by atoms with Gasteiger partial charge in [-0.2, -0.15) is 0 Å². The lowest BCUT2D eigenvalue weighted by Crippen LogP contribution is -2.37. The van der Waals surface area contributed by atoms with Crippen LogP contribution in [0, 0.1) is 5.92 Å². The lowest BCUT2D eigenvalue weighted by Gasteiger charge is -2.33. The molecule has 2 N–H and O–H groups in total. The molecule has 0 aliphatic carbocycles. The zero-order valence-corrected chi connectivity index (χ0v) is 16.3. The molecule has 2 atom stereocenters. The van der Waals surface area contributed by atoms with Crippen LogP contribution in [0.15, 0.2) is 65.7 Å². The molecule has 4 heteroatoms. The Balaban J connectivity index is 0.00000277. The third-order valence-electron chi connectivity index (χ3n) is 3.71. The van der Waals surface area contributed by atoms with Crippen LogP contribution in [0.4, 0.5) is 0 Å². The van der Waals surface area contributed by atoms with Crippen LogP contribution >= 0.6 is 0 Å². The molecule has 0 aromatic heterocycles. The van der Waals surface area contributed by atoms with Gasteiger partial charge in [0, 0.05) is 12.7 Å². The average molecular weight is 347 g/mol. The maximum Gasteiger partial charge on any atom is 0.140 e. The summed E-state index contributed by atoms with van der Waals surface area (Å²) < 4.78 is 0. The summed E-state index contributed by atoms with van der Waals surface area (Å²) in [5.74, 6) is 1.17. The maximum atomic E-state index is 10.0. The van der Waals surface area contributed by atoms with Gasteiger partial charge in [0.15, 0.2) is 0 Å². The Morgan fingerprint density at radius 3 is 2.60 bits per heavy atom. The number of aliphatic hydroxyl groups is 2. The quantitative estimate of drug-likeness (QED) is 0.398. The third-order valence-corrected chi connectivity index (χ3v) is 3.71. The molecule has 0 fully saturated rings. The van der Waals surface area contributed by atoms with Crippen molar-refractivity contribution in [3.05, 3.63) is 60.7 Å². The van der Waals surface area contributed by atoms with E-state index in [1.165, 1.54) is 0 Å². The largest absolute Gasteiger partial charge is 0.508 e. The van der Waals surface area contributed by atoms with Gasteiger partial charge in [-0.3, -0.25) is 0 Å². The summed E-state index contributed by atoms with van der Waals surface area (Å²) >= 11 is 0. The van der Waals surface area contributed by atoms with Gasteiger partial charge in [0.05, 0.1) is 5.70 Å².